The SMILES string of the molecule is CNC1(C(N)=O)CS(=O)(=O)C1. The molecule has 0 radical (unpaired) electrons. The van der Waals surface area contributed by atoms with Gasteiger partial charge in [-0.2, -0.15) is 0 Å². The molecule has 1 heterocycles. The molecule has 5 nitrogen and oxygen atoms in total. The Hall–Kier alpha value is -0.620. The number of rotatable bonds is 2. The molecule has 6 heteroatoms. The first-order chi connectivity index (χ1) is 4.92. The highest BCUT2D eigenvalue weighted by atomic mass is 32.2. The second kappa shape index (κ2) is 2.18. The zero-order valence-corrected chi connectivity index (χ0v) is 6.94. The third kappa shape index (κ3) is 1.23. The third-order valence-corrected chi connectivity index (χ3v) is 3.75. The van der Waals surface area contributed by atoms with Crippen molar-refractivity contribution in [2.24, 2.45) is 5.73 Å². The molecule has 1 aliphatic rings. The second-order valence-electron chi connectivity index (χ2n) is 2.73. The predicted molar refractivity (Wildman–Crippen MR) is 39.6 cm³/mol. The maximum Gasteiger partial charge on any atom is 0.239 e. The van der Waals surface area contributed by atoms with E-state index in [4.69, 9.17) is 5.73 Å². The Morgan fingerprint density at radius 3 is 2.09 bits per heavy atom. The molecule has 0 aliphatic carbocycles. The molecule has 11 heavy (non-hydrogen) atoms. The lowest BCUT2D eigenvalue weighted by Gasteiger charge is -2.37. The van der Waals surface area contributed by atoms with Crippen molar-refractivity contribution in [3.8, 4) is 0 Å². The average Bonchev–Trinajstić information content (AvgIpc) is 1.81. The highest BCUT2D eigenvalue weighted by molar-refractivity contribution is 7.93. The molecule has 3 N–H and O–H groups in total. The van der Waals surface area contributed by atoms with Crippen molar-refractivity contribution in [3.63, 3.8) is 0 Å². The maximum absolute atomic E-state index is 10.7. The summed E-state index contributed by atoms with van der Waals surface area (Å²) >= 11 is 0. The molecular weight excluding hydrogens is 168 g/mol. The van der Waals surface area contributed by atoms with E-state index in [0.717, 1.165) is 0 Å². The molecule has 0 unspecified atom stereocenters. The number of hydrogen-bond donors (Lipinski definition) is 2. The van der Waals surface area contributed by atoms with E-state index in [2.05, 4.69) is 5.32 Å². The van der Waals surface area contributed by atoms with E-state index in [1.54, 1.807) is 0 Å². The Kier molecular flexibility index (Phi) is 1.68. The molecule has 1 rings (SSSR count). The van der Waals surface area contributed by atoms with E-state index in [0.29, 0.717) is 0 Å². The summed E-state index contributed by atoms with van der Waals surface area (Å²) < 4.78 is 21.4. The van der Waals surface area contributed by atoms with E-state index in [1.165, 1.54) is 7.05 Å². The summed E-state index contributed by atoms with van der Waals surface area (Å²) in [6.07, 6.45) is 0. The van der Waals surface area contributed by atoms with Crippen LogP contribution in [0.4, 0.5) is 0 Å². The van der Waals surface area contributed by atoms with Crippen molar-refractivity contribution in [3.05, 3.63) is 0 Å². The first kappa shape index (κ1) is 8.48. The Labute approximate surface area is 64.9 Å². The van der Waals surface area contributed by atoms with Gasteiger partial charge in [0, 0.05) is 0 Å². The van der Waals surface area contributed by atoms with Gasteiger partial charge in [0.25, 0.3) is 0 Å². The largest absolute Gasteiger partial charge is 0.368 e. The van der Waals surface area contributed by atoms with Crippen molar-refractivity contribution >= 4 is 15.7 Å². The van der Waals surface area contributed by atoms with Crippen molar-refractivity contribution in [1.82, 2.24) is 5.32 Å². The quantitative estimate of drug-likeness (QED) is 0.505. The molecule has 64 valence electrons. The smallest absolute Gasteiger partial charge is 0.239 e. The van der Waals surface area contributed by atoms with Gasteiger partial charge in [-0.3, -0.25) is 4.79 Å². The molecule has 0 aromatic rings. The number of sulfone groups is 1. The molecular formula is C5H10N2O3S. The van der Waals surface area contributed by atoms with Gasteiger partial charge >= 0.3 is 0 Å². The van der Waals surface area contributed by atoms with Crippen LogP contribution >= 0.6 is 0 Å². The maximum atomic E-state index is 10.7. The van der Waals surface area contributed by atoms with E-state index >= 15 is 0 Å². The Balaban J connectivity index is 2.80. The molecule has 1 saturated heterocycles. The van der Waals surface area contributed by atoms with Crippen molar-refractivity contribution in [1.29, 1.82) is 0 Å². The fraction of sp³-hybridized carbons (Fsp3) is 0.800. The first-order valence-corrected chi connectivity index (χ1v) is 4.93. The summed E-state index contributed by atoms with van der Waals surface area (Å²) in [5, 5.41) is 2.62. The van der Waals surface area contributed by atoms with Crippen LogP contribution in [-0.4, -0.2) is 38.4 Å². The van der Waals surface area contributed by atoms with Crippen LogP contribution in [0.1, 0.15) is 0 Å². The number of likely N-dealkylation sites (N-methyl/N-ethyl adjacent to an activating group) is 1. The number of nitrogens with two attached hydrogens (primary N) is 1. The van der Waals surface area contributed by atoms with Crippen molar-refractivity contribution in [2.45, 2.75) is 5.54 Å². The lowest BCUT2D eigenvalue weighted by molar-refractivity contribution is -0.123. The number of carbonyl (C=O) groups is 1. The highest BCUT2D eigenvalue weighted by Crippen LogP contribution is 2.22. The van der Waals surface area contributed by atoms with Crippen molar-refractivity contribution < 1.29 is 13.2 Å². The third-order valence-electron chi connectivity index (χ3n) is 1.88. The molecule has 0 aromatic heterocycles. The number of nitrogens with one attached hydrogen (secondary N) is 1. The molecule has 0 atom stereocenters. The Morgan fingerprint density at radius 1 is 1.55 bits per heavy atom. The highest BCUT2D eigenvalue weighted by Gasteiger charge is 2.52. The van der Waals surface area contributed by atoms with Gasteiger partial charge in [0.15, 0.2) is 9.84 Å². The van der Waals surface area contributed by atoms with E-state index in [-0.39, 0.29) is 11.5 Å². The Bertz CT molecular complexity index is 270. The molecule has 0 spiro atoms. The van der Waals surface area contributed by atoms with Gasteiger partial charge in [-0.15, -0.1) is 0 Å². The molecule has 1 fully saturated rings. The van der Waals surface area contributed by atoms with Crippen LogP contribution in [0, 0.1) is 0 Å². The second-order valence-corrected chi connectivity index (χ2v) is 4.79. The molecule has 1 aliphatic heterocycles. The number of carbonyl (C=O) groups excluding carboxylic acids is 1. The fourth-order valence-electron chi connectivity index (χ4n) is 1.12. The summed E-state index contributed by atoms with van der Waals surface area (Å²) in [6, 6.07) is 0. The average molecular weight is 178 g/mol. The normalized spacial score (nSPS) is 25.5. The summed E-state index contributed by atoms with van der Waals surface area (Å²) in [7, 11) is -1.48. The van der Waals surface area contributed by atoms with Crippen LogP contribution in [0.5, 0.6) is 0 Å². The molecule has 0 aromatic carbocycles. The summed E-state index contributed by atoms with van der Waals surface area (Å²) in [5.74, 6) is -0.952. The minimum Gasteiger partial charge on any atom is -0.368 e. The number of primary amides is 1. The zero-order valence-electron chi connectivity index (χ0n) is 6.12. The number of hydrogen-bond acceptors (Lipinski definition) is 4. The predicted octanol–water partition coefficient (Wildman–Crippen LogP) is -2.14. The van der Waals surface area contributed by atoms with Gasteiger partial charge in [-0.1, -0.05) is 0 Å². The zero-order chi connectivity index (χ0) is 8.70. The fourth-order valence-corrected chi connectivity index (χ4v) is 3.11. The topological polar surface area (TPSA) is 89.3 Å². The van der Waals surface area contributed by atoms with E-state index in [1.807, 2.05) is 0 Å². The minimum atomic E-state index is -3.01. The molecule has 0 saturated carbocycles. The van der Waals surface area contributed by atoms with Crippen LogP contribution in [0.25, 0.3) is 0 Å². The van der Waals surface area contributed by atoms with Gasteiger partial charge < -0.3 is 11.1 Å². The van der Waals surface area contributed by atoms with E-state index in [9.17, 15) is 13.2 Å². The summed E-state index contributed by atoms with van der Waals surface area (Å²) in [5.41, 5.74) is 4.00. The summed E-state index contributed by atoms with van der Waals surface area (Å²) in [6.45, 7) is 0. The van der Waals surface area contributed by atoms with Crippen LogP contribution < -0.4 is 11.1 Å². The van der Waals surface area contributed by atoms with Crippen LogP contribution in [0.15, 0.2) is 0 Å². The molecule has 0 bridgehead atoms. The van der Waals surface area contributed by atoms with Crippen LogP contribution in [0.2, 0.25) is 0 Å². The van der Waals surface area contributed by atoms with Gasteiger partial charge in [0.05, 0.1) is 11.5 Å². The summed E-state index contributed by atoms with van der Waals surface area (Å²) in [4.78, 5) is 10.7. The monoisotopic (exact) mass is 178 g/mol. The van der Waals surface area contributed by atoms with Gasteiger partial charge in [0.1, 0.15) is 5.54 Å². The van der Waals surface area contributed by atoms with Gasteiger partial charge in [-0.05, 0) is 7.05 Å². The lowest BCUT2D eigenvalue weighted by Crippen LogP contribution is -2.69. The van der Waals surface area contributed by atoms with Crippen molar-refractivity contribution in [2.75, 3.05) is 18.6 Å². The van der Waals surface area contributed by atoms with Crippen LogP contribution in [0.3, 0.4) is 0 Å². The molecule has 1 amide bonds. The first-order valence-electron chi connectivity index (χ1n) is 3.11. The Morgan fingerprint density at radius 2 is 2.00 bits per heavy atom. The van der Waals surface area contributed by atoms with Gasteiger partial charge in [-0.25, -0.2) is 8.42 Å². The van der Waals surface area contributed by atoms with Crippen LogP contribution in [-0.2, 0) is 14.6 Å². The minimum absolute atomic E-state index is 0.175. The van der Waals surface area contributed by atoms with E-state index < -0.39 is 21.3 Å². The lowest BCUT2D eigenvalue weighted by atomic mass is 10.0. The number of amides is 1. The van der Waals surface area contributed by atoms with Gasteiger partial charge in [0.2, 0.25) is 5.91 Å². The standard InChI is InChI=1S/C5H10N2O3S/c1-7-5(4(6)8)2-11(9,10)3-5/h7H,2-3H2,1H3,(H2,6,8).